The SMILES string of the molecule is COc1cc(COC(=O)CCn2ccccc2=O)cc(Cl)c1OC(F)F. The molecule has 0 saturated carbocycles. The Bertz CT molecular complexity index is 825. The second-order valence-corrected chi connectivity index (χ2v) is 5.54. The van der Waals surface area contributed by atoms with Crippen molar-refractivity contribution in [2.24, 2.45) is 0 Å². The Morgan fingerprint density at radius 2 is 2.08 bits per heavy atom. The van der Waals surface area contributed by atoms with Gasteiger partial charge >= 0.3 is 12.6 Å². The number of pyridine rings is 1. The van der Waals surface area contributed by atoms with Gasteiger partial charge in [0.1, 0.15) is 6.61 Å². The van der Waals surface area contributed by atoms with Gasteiger partial charge in [-0.1, -0.05) is 17.7 Å². The zero-order chi connectivity index (χ0) is 19.1. The Labute approximate surface area is 152 Å². The van der Waals surface area contributed by atoms with E-state index in [1.54, 1.807) is 18.3 Å². The number of aryl methyl sites for hydroxylation is 1. The molecule has 26 heavy (non-hydrogen) atoms. The Kier molecular flexibility index (Phi) is 6.97. The predicted molar refractivity (Wildman–Crippen MR) is 89.8 cm³/mol. The van der Waals surface area contributed by atoms with Gasteiger partial charge in [0.25, 0.3) is 5.56 Å². The third-order valence-electron chi connectivity index (χ3n) is 3.35. The lowest BCUT2D eigenvalue weighted by atomic mass is 10.2. The maximum absolute atomic E-state index is 12.4. The average molecular weight is 388 g/mol. The van der Waals surface area contributed by atoms with E-state index in [1.165, 1.54) is 29.9 Å². The number of hydrogen-bond acceptors (Lipinski definition) is 5. The lowest BCUT2D eigenvalue weighted by Crippen LogP contribution is -2.20. The molecule has 0 bridgehead atoms. The highest BCUT2D eigenvalue weighted by atomic mass is 35.5. The molecule has 0 saturated heterocycles. The maximum atomic E-state index is 12.4. The summed E-state index contributed by atoms with van der Waals surface area (Å²) in [5.74, 6) is -0.814. The molecule has 0 fully saturated rings. The standard InChI is InChI=1S/C17H16ClF2NO5/c1-24-13-9-11(8-12(18)16(13)26-17(19)20)10-25-15(23)5-7-21-6-3-2-4-14(21)22/h2-4,6,8-9,17H,5,7,10H2,1H3. The first-order valence-corrected chi connectivity index (χ1v) is 7.91. The summed E-state index contributed by atoms with van der Waals surface area (Å²) >= 11 is 5.91. The molecular weight excluding hydrogens is 372 g/mol. The zero-order valence-electron chi connectivity index (χ0n) is 13.8. The molecule has 2 aromatic rings. The van der Waals surface area contributed by atoms with Gasteiger partial charge in [0, 0.05) is 18.8 Å². The fourth-order valence-corrected chi connectivity index (χ4v) is 2.43. The summed E-state index contributed by atoms with van der Waals surface area (Å²) in [4.78, 5) is 23.4. The maximum Gasteiger partial charge on any atom is 0.387 e. The zero-order valence-corrected chi connectivity index (χ0v) is 14.5. The number of ether oxygens (including phenoxy) is 3. The normalized spacial score (nSPS) is 10.7. The van der Waals surface area contributed by atoms with Crippen LogP contribution >= 0.6 is 11.6 Å². The molecule has 1 aromatic carbocycles. The van der Waals surface area contributed by atoms with Gasteiger partial charge in [0.15, 0.2) is 11.5 Å². The van der Waals surface area contributed by atoms with Crippen LogP contribution in [0, 0.1) is 0 Å². The van der Waals surface area contributed by atoms with E-state index in [9.17, 15) is 18.4 Å². The summed E-state index contributed by atoms with van der Waals surface area (Å²) < 4.78 is 40.6. The highest BCUT2D eigenvalue weighted by molar-refractivity contribution is 6.32. The van der Waals surface area contributed by atoms with Crippen LogP contribution in [0.15, 0.2) is 41.3 Å². The van der Waals surface area contributed by atoms with E-state index >= 15 is 0 Å². The fraction of sp³-hybridized carbons (Fsp3) is 0.294. The summed E-state index contributed by atoms with van der Waals surface area (Å²) in [6.07, 6.45) is 1.57. The van der Waals surface area contributed by atoms with Gasteiger partial charge in [-0.05, 0) is 23.8 Å². The van der Waals surface area contributed by atoms with Crippen LogP contribution in [0.2, 0.25) is 5.02 Å². The van der Waals surface area contributed by atoms with Crippen molar-refractivity contribution in [2.45, 2.75) is 26.2 Å². The molecule has 0 aliphatic rings. The molecule has 1 aromatic heterocycles. The number of benzene rings is 1. The molecule has 9 heteroatoms. The van der Waals surface area contributed by atoms with Gasteiger partial charge in [-0.15, -0.1) is 0 Å². The second-order valence-electron chi connectivity index (χ2n) is 5.13. The number of halogens is 3. The minimum absolute atomic E-state index is 0.000290. The molecule has 1 heterocycles. The number of aromatic nitrogens is 1. The fourth-order valence-electron chi connectivity index (χ4n) is 2.15. The lowest BCUT2D eigenvalue weighted by molar-refractivity contribution is -0.145. The Balaban J connectivity index is 1.96. The third kappa shape index (κ3) is 5.45. The van der Waals surface area contributed by atoms with Gasteiger partial charge in [0.05, 0.1) is 18.6 Å². The van der Waals surface area contributed by atoms with Gasteiger partial charge in [-0.3, -0.25) is 9.59 Å². The van der Waals surface area contributed by atoms with Crippen molar-refractivity contribution in [2.75, 3.05) is 7.11 Å². The molecule has 0 N–H and O–H groups in total. The third-order valence-corrected chi connectivity index (χ3v) is 3.63. The molecule has 2 rings (SSSR count). The van der Waals surface area contributed by atoms with Crippen LogP contribution in [0.25, 0.3) is 0 Å². The van der Waals surface area contributed by atoms with E-state index in [1.807, 2.05) is 0 Å². The summed E-state index contributed by atoms with van der Waals surface area (Å²) in [6, 6.07) is 7.41. The van der Waals surface area contributed by atoms with Crippen LogP contribution < -0.4 is 15.0 Å². The number of esters is 1. The molecule has 0 spiro atoms. The van der Waals surface area contributed by atoms with Crippen molar-refractivity contribution in [1.82, 2.24) is 4.57 Å². The van der Waals surface area contributed by atoms with E-state index < -0.39 is 12.6 Å². The molecule has 0 atom stereocenters. The Hall–Kier alpha value is -2.61. The molecule has 0 aliphatic heterocycles. The minimum Gasteiger partial charge on any atom is -0.493 e. The molecule has 0 radical (unpaired) electrons. The van der Waals surface area contributed by atoms with Crippen LogP contribution in [0.3, 0.4) is 0 Å². The quantitative estimate of drug-likeness (QED) is 0.650. The van der Waals surface area contributed by atoms with Crippen molar-refractivity contribution >= 4 is 17.6 Å². The first-order chi connectivity index (χ1) is 12.4. The summed E-state index contributed by atoms with van der Waals surface area (Å²) in [5.41, 5.74) is 0.227. The monoisotopic (exact) mass is 387 g/mol. The summed E-state index contributed by atoms with van der Waals surface area (Å²) in [5, 5.41) is -0.0912. The van der Waals surface area contributed by atoms with Gasteiger partial charge in [0.2, 0.25) is 0 Å². The van der Waals surface area contributed by atoms with Crippen LogP contribution in [-0.2, 0) is 22.7 Å². The smallest absolute Gasteiger partial charge is 0.387 e. The van der Waals surface area contributed by atoms with Crippen molar-refractivity contribution in [3.63, 3.8) is 0 Å². The van der Waals surface area contributed by atoms with Crippen molar-refractivity contribution in [3.8, 4) is 11.5 Å². The first-order valence-electron chi connectivity index (χ1n) is 7.53. The average Bonchev–Trinajstić information content (AvgIpc) is 2.60. The molecule has 6 nitrogen and oxygen atoms in total. The Morgan fingerprint density at radius 1 is 1.31 bits per heavy atom. The molecule has 140 valence electrons. The largest absolute Gasteiger partial charge is 0.493 e. The molecule has 0 amide bonds. The first kappa shape index (κ1) is 19.7. The van der Waals surface area contributed by atoms with E-state index in [0.717, 1.165) is 0 Å². The van der Waals surface area contributed by atoms with Gasteiger partial charge < -0.3 is 18.8 Å². The van der Waals surface area contributed by atoms with Gasteiger partial charge in [-0.25, -0.2) is 0 Å². The van der Waals surface area contributed by atoms with E-state index in [4.69, 9.17) is 21.1 Å². The molecular formula is C17H16ClF2NO5. The van der Waals surface area contributed by atoms with Crippen molar-refractivity contribution < 1.29 is 27.8 Å². The van der Waals surface area contributed by atoms with Crippen LogP contribution in [0.5, 0.6) is 11.5 Å². The minimum atomic E-state index is -3.05. The number of alkyl halides is 2. The van der Waals surface area contributed by atoms with Crippen molar-refractivity contribution in [3.05, 3.63) is 57.5 Å². The van der Waals surface area contributed by atoms with E-state index in [0.29, 0.717) is 5.56 Å². The summed E-state index contributed by atoms with van der Waals surface area (Å²) in [7, 11) is 1.28. The Morgan fingerprint density at radius 3 is 2.73 bits per heavy atom. The number of carbonyl (C=O) groups excluding carboxylic acids is 1. The van der Waals surface area contributed by atoms with Crippen molar-refractivity contribution in [1.29, 1.82) is 0 Å². The van der Waals surface area contributed by atoms with Crippen LogP contribution in [0.1, 0.15) is 12.0 Å². The number of rotatable bonds is 8. The number of hydrogen-bond donors (Lipinski definition) is 0. The highest BCUT2D eigenvalue weighted by Crippen LogP contribution is 2.37. The number of methoxy groups -OCH3 is 1. The highest BCUT2D eigenvalue weighted by Gasteiger charge is 2.17. The lowest BCUT2D eigenvalue weighted by Gasteiger charge is -2.13. The van der Waals surface area contributed by atoms with Crippen LogP contribution in [-0.4, -0.2) is 24.3 Å². The van der Waals surface area contributed by atoms with Gasteiger partial charge in [-0.2, -0.15) is 8.78 Å². The van der Waals surface area contributed by atoms with Crippen LogP contribution in [0.4, 0.5) is 8.78 Å². The number of nitrogens with zero attached hydrogens (tertiary/aromatic N) is 1. The second kappa shape index (κ2) is 9.19. The predicted octanol–water partition coefficient (Wildman–Crippen LogP) is 3.25. The topological polar surface area (TPSA) is 66.8 Å². The van der Waals surface area contributed by atoms with E-state index in [2.05, 4.69) is 4.74 Å². The number of carbonyl (C=O) groups is 1. The molecule has 0 aliphatic carbocycles. The molecule has 0 unspecified atom stereocenters. The van der Waals surface area contributed by atoms with E-state index in [-0.39, 0.29) is 41.7 Å². The summed E-state index contributed by atoms with van der Waals surface area (Å²) in [6.45, 7) is -3.00.